The van der Waals surface area contributed by atoms with Crippen molar-refractivity contribution in [3.8, 4) is 17.3 Å². The summed E-state index contributed by atoms with van der Waals surface area (Å²) < 4.78 is 5.67. The third kappa shape index (κ3) is 4.60. The third-order valence-electron chi connectivity index (χ3n) is 2.86. The molecule has 1 heterocycles. The number of nitrogens with one attached hydrogen (secondary N) is 1. The predicted octanol–water partition coefficient (Wildman–Crippen LogP) is 3.92. The average Bonchev–Trinajstić information content (AvgIpc) is 2.54. The third-order valence-corrected chi connectivity index (χ3v) is 2.86. The molecule has 0 saturated carbocycles. The lowest BCUT2D eigenvalue weighted by atomic mass is 10.2. The normalized spacial score (nSPS) is 10.1. The minimum Gasteiger partial charge on any atom is -0.477 e. The van der Waals surface area contributed by atoms with Crippen LogP contribution >= 0.6 is 0 Å². The van der Waals surface area contributed by atoms with Crippen LogP contribution in [0.5, 0.6) is 5.88 Å². The van der Waals surface area contributed by atoms with E-state index in [1.807, 2.05) is 42.5 Å². The second kappa shape index (κ2) is 8.04. The largest absolute Gasteiger partial charge is 0.477 e. The first-order valence-corrected chi connectivity index (χ1v) is 7.25. The first-order valence-electron chi connectivity index (χ1n) is 7.25. The van der Waals surface area contributed by atoms with E-state index in [1.54, 1.807) is 0 Å². The Morgan fingerprint density at radius 3 is 2.76 bits per heavy atom. The topological polar surface area (TPSA) is 47.0 Å². The van der Waals surface area contributed by atoms with E-state index in [0.29, 0.717) is 18.3 Å². The Morgan fingerprint density at radius 1 is 1.24 bits per heavy atom. The van der Waals surface area contributed by atoms with Crippen molar-refractivity contribution in [3.05, 3.63) is 49.1 Å². The summed E-state index contributed by atoms with van der Waals surface area (Å²) in [6.45, 7) is 7.25. The summed E-state index contributed by atoms with van der Waals surface area (Å²) in [5.74, 6) is 2.05. The molecule has 0 unspecified atom stereocenters. The highest BCUT2D eigenvalue weighted by Crippen LogP contribution is 2.21. The van der Waals surface area contributed by atoms with Crippen molar-refractivity contribution in [2.75, 3.05) is 18.5 Å². The summed E-state index contributed by atoms with van der Waals surface area (Å²) in [6, 6.07) is 11.8. The van der Waals surface area contributed by atoms with E-state index >= 15 is 0 Å². The number of aromatic nitrogens is 2. The molecule has 4 heteroatoms. The summed E-state index contributed by atoms with van der Waals surface area (Å²) in [6.07, 6.45) is 3.66. The number of ether oxygens (including phenoxy) is 1. The molecular weight excluding hydrogens is 262 g/mol. The van der Waals surface area contributed by atoms with Gasteiger partial charge in [0.15, 0.2) is 5.82 Å². The summed E-state index contributed by atoms with van der Waals surface area (Å²) in [7, 11) is 0. The van der Waals surface area contributed by atoms with Crippen LogP contribution in [0.1, 0.15) is 19.8 Å². The van der Waals surface area contributed by atoms with Gasteiger partial charge in [-0.25, -0.2) is 4.98 Å². The van der Waals surface area contributed by atoms with Crippen LogP contribution in [0.4, 0.5) is 5.82 Å². The van der Waals surface area contributed by atoms with Gasteiger partial charge < -0.3 is 10.1 Å². The van der Waals surface area contributed by atoms with Gasteiger partial charge in [-0.05, 0) is 12.8 Å². The fourth-order valence-corrected chi connectivity index (χ4v) is 1.81. The van der Waals surface area contributed by atoms with Gasteiger partial charge in [-0.2, -0.15) is 4.98 Å². The van der Waals surface area contributed by atoms with Gasteiger partial charge in [0.25, 0.3) is 0 Å². The van der Waals surface area contributed by atoms with Crippen molar-refractivity contribution in [3.63, 3.8) is 0 Å². The Kier molecular flexibility index (Phi) is 5.76. The lowest BCUT2D eigenvalue weighted by Crippen LogP contribution is -2.06. The maximum Gasteiger partial charge on any atom is 0.219 e. The van der Waals surface area contributed by atoms with Gasteiger partial charge >= 0.3 is 0 Å². The van der Waals surface area contributed by atoms with Crippen molar-refractivity contribution in [2.24, 2.45) is 0 Å². The van der Waals surface area contributed by atoms with Crippen molar-refractivity contribution < 1.29 is 4.74 Å². The monoisotopic (exact) mass is 283 g/mol. The van der Waals surface area contributed by atoms with Crippen LogP contribution in [0.3, 0.4) is 0 Å². The molecule has 0 atom stereocenters. The van der Waals surface area contributed by atoms with Crippen LogP contribution in [0.15, 0.2) is 49.1 Å². The molecule has 0 aliphatic rings. The van der Waals surface area contributed by atoms with E-state index in [1.165, 1.54) is 0 Å². The van der Waals surface area contributed by atoms with E-state index in [-0.39, 0.29) is 0 Å². The minimum atomic E-state index is 0.571. The Bertz CT molecular complexity index is 570. The van der Waals surface area contributed by atoms with Gasteiger partial charge in [-0.15, -0.1) is 6.58 Å². The molecule has 21 heavy (non-hydrogen) atoms. The molecule has 0 aliphatic carbocycles. The SMILES string of the molecule is C=CCCOc1cc(NCCC)nc(-c2ccccc2)n1. The molecule has 0 spiro atoms. The molecule has 0 fully saturated rings. The molecule has 1 aromatic heterocycles. The fourth-order valence-electron chi connectivity index (χ4n) is 1.81. The first kappa shape index (κ1) is 15.0. The van der Waals surface area contributed by atoms with Crippen LogP contribution in [-0.2, 0) is 0 Å². The highest BCUT2D eigenvalue weighted by Gasteiger charge is 2.07. The molecule has 110 valence electrons. The number of hydrogen-bond donors (Lipinski definition) is 1. The van der Waals surface area contributed by atoms with Gasteiger partial charge in [0.05, 0.1) is 6.61 Å². The predicted molar refractivity (Wildman–Crippen MR) is 86.6 cm³/mol. The maximum absolute atomic E-state index is 5.67. The van der Waals surface area contributed by atoms with Gasteiger partial charge in [0, 0.05) is 18.2 Å². The quantitative estimate of drug-likeness (QED) is 0.589. The molecule has 0 bridgehead atoms. The second-order valence-corrected chi connectivity index (χ2v) is 4.63. The van der Waals surface area contributed by atoms with Crippen LogP contribution in [0, 0.1) is 0 Å². The highest BCUT2D eigenvalue weighted by atomic mass is 16.5. The molecule has 0 amide bonds. The Hall–Kier alpha value is -2.36. The molecule has 0 aliphatic heterocycles. The zero-order chi connectivity index (χ0) is 14.9. The van der Waals surface area contributed by atoms with Crippen molar-refractivity contribution in [1.29, 1.82) is 0 Å². The molecular formula is C17H21N3O. The Balaban J connectivity index is 2.25. The molecule has 4 nitrogen and oxygen atoms in total. The second-order valence-electron chi connectivity index (χ2n) is 4.63. The number of benzene rings is 1. The summed E-state index contributed by atoms with van der Waals surface area (Å²) in [4.78, 5) is 9.02. The van der Waals surface area contributed by atoms with Gasteiger partial charge in [0.2, 0.25) is 5.88 Å². The fraction of sp³-hybridized carbons (Fsp3) is 0.294. The Labute approximate surface area is 125 Å². The Morgan fingerprint density at radius 2 is 2.05 bits per heavy atom. The van der Waals surface area contributed by atoms with Crippen molar-refractivity contribution >= 4 is 5.82 Å². The number of hydrogen-bond acceptors (Lipinski definition) is 4. The van der Waals surface area contributed by atoms with Gasteiger partial charge in [-0.1, -0.05) is 43.3 Å². The summed E-state index contributed by atoms with van der Waals surface area (Å²) in [5.41, 5.74) is 0.978. The van der Waals surface area contributed by atoms with E-state index < -0.39 is 0 Å². The van der Waals surface area contributed by atoms with E-state index in [9.17, 15) is 0 Å². The minimum absolute atomic E-state index is 0.571. The van der Waals surface area contributed by atoms with Crippen LogP contribution in [0.25, 0.3) is 11.4 Å². The average molecular weight is 283 g/mol. The van der Waals surface area contributed by atoms with Crippen LogP contribution in [-0.4, -0.2) is 23.1 Å². The number of nitrogens with zero attached hydrogens (tertiary/aromatic N) is 2. The zero-order valence-electron chi connectivity index (χ0n) is 12.4. The zero-order valence-corrected chi connectivity index (χ0v) is 12.4. The van der Waals surface area contributed by atoms with Crippen molar-refractivity contribution in [2.45, 2.75) is 19.8 Å². The van der Waals surface area contributed by atoms with E-state index in [4.69, 9.17) is 4.74 Å². The molecule has 1 aromatic carbocycles. The van der Waals surface area contributed by atoms with E-state index in [0.717, 1.165) is 30.8 Å². The lowest BCUT2D eigenvalue weighted by Gasteiger charge is -2.10. The van der Waals surface area contributed by atoms with Crippen LogP contribution in [0.2, 0.25) is 0 Å². The molecule has 1 N–H and O–H groups in total. The van der Waals surface area contributed by atoms with Crippen LogP contribution < -0.4 is 10.1 Å². The molecule has 0 radical (unpaired) electrons. The van der Waals surface area contributed by atoms with Gasteiger partial charge in [0.1, 0.15) is 5.82 Å². The van der Waals surface area contributed by atoms with E-state index in [2.05, 4.69) is 28.8 Å². The molecule has 2 rings (SSSR count). The van der Waals surface area contributed by atoms with Crippen molar-refractivity contribution in [1.82, 2.24) is 9.97 Å². The smallest absolute Gasteiger partial charge is 0.219 e. The maximum atomic E-state index is 5.67. The summed E-state index contributed by atoms with van der Waals surface area (Å²) in [5, 5.41) is 3.28. The standard InChI is InChI=1S/C17H21N3O/c1-3-5-12-21-16-13-15(18-11-4-2)19-17(20-16)14-9-7-6-8-10-14/h3,6-10,13H,1,4-5,11-12H2,2H3,(H,18,19,20). The molecule has 0 saturated heterocycles. The first-order chi connectivity index (χ1) is 10.3. The molecule has 2 aromatic rings. The lowest BCUT2D eigenvalue weighted by molar-refractivity contribution is 0.312. The number of anilines is 1. The highest BCUT2D eigenvalue weighted by molar-refractivity contribution is 5.58. The number of rotatable bonds is 8. The summed E-state index contributed by atoms with van der Waals surface area (Å²) >= 11 is 0. The van der Waals surface area contributed by atoms with Gasteiger partial charge in [-0.3, -0.25) is 0 Å².